The normalized spacial score (nSPS) is 25.2. The third-order valence-electron chi connectivity index (χ3n) is 12.0. The lowest BCUT2D eigenvalue weighted by molar-refractivity contribution is -0.121. The molecule has 0 amide bonds. The molecule has 9 nitrogen and oxygen atoms in total. The first-order valence-electron chi connectivity index (χ1n) is 19.6. The summed E-state index contributed by atoms with van der Waals surface area (Å²) in [6, 6.07) is 9.81. The molecular formula is C44H50N4O5. The van der Waals surface area contributed by atoms with E-state index >= 15 is 0 Å². The second-order valence-corrected chi connectivity index (χ2v) is 15.5. The van der Waals surface area contributed by atoms with Crippen molar-refractivity contribution >= 4 is 11.5 Å². The van der Waals surface area contributed by atoms with Gasteiger partial charge in [0.25, 0.3) is 0 Å². The zero-order chi connectivity index (χ0) is 36.5. The Hall–Kier alpha value is -4.38. The van der Waals surface area contributed by atoms with Gasteiger partial charge in [0, 0.05) is 43.8 Å². The Kier molecular flexibility index (Phi) is 10.2. The van der Waals surface area contributed by atoms with Crippen molar-refractivity contribution in [2.45, 2.75) is 115 Å². The Morgan fingerprint density at radius 2 is 1.98 bits per heavy atom. The average molecular weight is 715 g/mol. The minimum atomic E-state index is -1.01. The number of ether oxygens (including phenoxy) is 2. The van der Waals surface area contributed by atoms with Crippen molar-refractivity contribution in [1.82, 2.24) is 10.2 Å². The maximum atomic E-state index is 12.8. The number of benzene rings is 2. The van der Waals surface area contributed by atoms with Crippen molar-refractivity contribution in [3.05, 3.63) is 81.7 Å². The number of aryl methyl sites for hydroxylation is 1. The third kappa shape index (κ3) is 7.16. The number of nitrogens with two attached hydrogens (primary N) is 1. The zero-order valence-electron chi connectivity index (χ0n) is 30.6. The fourth-order valence-electron chi connectivity index (χ4n) is 9.04. The number of aliphatic imine (C=N–C) groups is 1. The quantitative estimate of drug-likeness (QED) is 0.193. The first kappa shape index (κ1) is 35.6. The van der Waals surface area contributed by atoms with Crippen molar-refractivity contribution < 1.29 is 24.5 Å². The Morgan fingerprint density at radius 3 is 2.83 bits per heavy atom. The van der Waals surface area contributed by atoms with Crippen LogP contribution in [0, 0.1) is 35.2 Å². The molecule has 53 heavy (non-hydrogen) atoms. The van der Waals surface area contributed by atoms with Gasteiger partial charge in [0.2, 0.25) is 0 Å². The molecular weight excluding hydrogens is 665 g/mol. The molecule has 5 atom stereocenters. The molecule has 2 aromatic rings. The van der Waals surface area contributed by atoms with Crippen LogP contribution in [-0.2, 0) is 24.1 Å². The highest BCUT2D eigenvalue weighted by atomic mass is 16.5. The van der Waals surface area contributed by atoms with Crippen LogP contribution in [0.25, 0.3) is 0 Å². The maximum absolute atomic E-state index is 12.8. The van der Waals surface area contributed by atoms with Gasteiger partial charge in [0.15, 0.2) is 17.7 Å². The Bertz CT molecular complexity index is 1990. The van der Waals surface area contributed by atoms with E-state index in [1.807, 2.05) is 36.5 Å². The first-order valence-corrected chi connectivity index (χ1v) is 19.6. The molecule has 9 heteroatoms. The van der Waals surface area contributed by atoms with Crippen molar-refractivity contribution in [2.75, 3.05) is 13.1 Å². The molecule has 2 bridgehead atoms. The second-order valence-electron chi connectivity index (χ2n) is 15.5. The van der Waals surface area contributed by atoms with E-state index in [1.54, 1.807) is 0 Å². The highest BCUT2D eigenvalue weighted by Gasteiger charge is 2.48. The number of carbonyl (C=O) groups is 1. The molecule has 5 N–H and O–H groups in total. The minimum absolute atomic E-state index is 0.0541. The number of unbranched alkanes of at least 4 members (excludes halogenated alkanes) is 2. The van der Waals surface area contributed by atoms with E-state index in [2.05, 4.69) is 47.2 Å². The van der Waals surface area contributed by atoms with Gasteiger partial charge in [-0.15, -0.1) is 0 Å². The van der Waals surface area contributed by atoms with Gasteiger partial charge < -0.3 is 30.3 Å². The van der Waals surface area contributed by atoms with Crippen LogP contribution in [0.1, 0.15) is 111 Å². The lowest BCUT2D eigenvalue weighted by Crippen LogP contribution is -2.47. The zero-order valence-corrected chi connectivity index (χ0v) is 30.6. The van der Waals surface area contributed by atoms with Crippen LogP contribution in [0.4, 0.5) is 0 Å². The number of Topliss-reactive ketones (excluding diaryl/α,β-unsaturated/α-hetero) is 1. The van der Waals surface area contributed by atoms with Gasteiger partial charge in [-0.25, -0.2) is 0 Å². The number of nitrogens with zero attached hydrogens (tertiary/aromatic N) is 2. The summed E-state index contributed by atoms with van der Waals surface area (Å²) in [5.41, 5.74) is 14.3. The standard InChI is InChI=1S/C44H50N4O5/c1-2-3-4-7-30(49)24-31(50)10-8-28-9-15-40-41(22-28)53-43-37(44(19-21-52-40)17-5-6-18-44)13-14-39(51)33-11-12-34-32(16-20-46-42(34)45)35(33)23-29-25-47-38-27-48(43)26-36(29)38/h9,11-12,15,22,25-26,30,37,39,42-43,46,49,51H,2-8,10,16-18,20,23-24,27,45H2,1H3. The molecule has 8 rings (SSSR count). The van der Waals surface area contributed by atoms with Gasteiger partial charge in [-0.3, -0.25) is 15.1 Å². The summed E-state index contributed by atoms with van der Waals surface area (Å²) in [6.07, 6.45) is 14.8. The molecule has 5 unspecified atom stereocenters. The molecule has 1 spiro atoms. The molecule has 1 fully saturated rings. The number of fused-ring (bicyclic) bond motifs is 8. The smallest absolute Gasteiger partial charge is 0.187 e. The van der Waals surface area contributed by atoms with Crippen LogP contribution in [0.2, 0.25) is 0 Å². The van der Waals surface area contributed by atoms with Crippen molar-refractivity contribution in [2.24, 2.45) is 22.1 Å². The molecule has 2 aromatic carbocycles. The number of aliphatic hydroxyl groups excluding tert-OH is 2. The number of hydrogen-bond donors (Lipinski definition) is 4. The van der Waals surface area contributed by atoms with Crippen LogP contribution in [0.3, 0.4) is 0 Å². The summed E-state index contributed by atoms with van der Waals surface area (Å²) >= 11 is 0. The van der Waals surface area contributed by atoms with Crippen LogP contribution in [-0.4, -0.2) is 52.0 Å². The van der Waals surface area contributed by atoms with Crippen LogP contribution < -0.4 is 20.5 Å². The SMILES string of the molecule is CCCCCC(O)CC(=O)CCc1ccc2c(c1)OC1C(C#CC(O)c3ccc4c(c3CC3=CN=C5CN1C=C35)CCNC4N)C1(C#CO2)CCCC1. The molecule has 0 aromatic heterocycles. The number of nitrogens with one attached hydrogen (secondary N) is 1. The first-order chi connectivity index (χ1) is 25.8. The summed E-state index contributed by atoms with van der Waals surface area (Å²) in [6.45, 7) is 3.46. The number of ketones is 1. The van der Waals surface area contributed by atoms with Crippen LogP contribution in [0.5, 0.6) is 11.5 Å². The van der Waals surface area contributed by atoms with E-state index in [9.17, 15) is 15.0 Å². The number of hydrogen-bond acceptors (Lipinski definition) is 9. The third-order valence-corrected chi connectivity index (χ3v) is 12.0. The van der Waals surface area contributed by atoms with Crippen molar-refractivity contribution in [1.29, 1.82) is 0 Å². The van der Waals surface area contributed by atoms with Crippen LogP contribution in [0.15, 0.2) is 58.9 Å². The average Bonchev–Trinajstić information content (AvgIpc) is 3.89. The number of aliphatic hydroxyl groups is 2. The van der Waals surface area contributed by atoms with Gasteiger partial charge in [0.05, 0.1) is 35.9 Å². The minimum Gasteiger partial charge on any atom is -0.465 e. The number of carbonyl (C=O) groups excluding carboxylic acids is 1. The Labute approximate surface area is 312 Å². The van der Waals surface area contributed by atoms with E-state index in [-0.39, 0.29) is 24.3 Å². The van der Waals surface area contributed by atoms with Crippen LogP contribution >= 0.6 is 0 Å². The molecule has 5 aliphatic heterocycles. The Balaban J connectivity index is 1.15. The van der Waals surface area contributed by atoms with Gasteiger partial charge in [-0.05, 0) is 77.6 Å². The van der Waals surface area contributed by atoms with Gasteiger partial charge in [0.1, 0.15) is 18.0 Å². The molecule has 276 valence electrons. The van der Waals surface area contributed by atoms with Gasteiger partial charge in [-0.2, -0.15) is 0 Å². The molecule has 6 aliphatic rings. The summed E-state index contributed by atoms with van der Waals surface area (Å²) in [4.78, 5) is 20.0. The van der Waals surface area contributed by atoms with Crippen molar-refractivity contribution in [3.8, 4) is 35.4 Å². The summed E-state index contributed by atoms with van der Waals surface area (Å²) in [5, 5.41) is 25.6. The molecule has 5 heterocycles. The maximum Gasteiger partial charge on any atom is 0.187 e. The molecule has 1 aliphatic carbocycles. The molecule has 0 saturated heterocycles. The van der Waals surface area contributed by atoms with Gasteiger partial charge in [-0.1, -0.05) is 75.0 Å². The lowest BCUT2D eigenvalue weighted by Gasteiger charge is -2.39. The molecule has 0 radical (unpaired) electrons. The van der Waals surface area contributed by atoms with Gasteiger partial charge >= 0.3 is 0 Å². The topological polar surface area (TPSA) is 130 Å². The van der Waals surface area contributed by atoms with E-state index in [0.717, 1.165) is 97.0 Å². The van der Waals surface area contributed by atoms with E-state index in [1.165, 1.54) is 5.56 Å². The second kappa shape index (κ2) is 15.2. The summed E-state index contributed by atoms with van der Waals surface area (Å²) in [5.74, 6) is 11.2. The number of rotatable bonds is 9. The largest absolute Gasteiger partial charge is 0.465 e. The summed E-state index contributed by atoms with van der Waals surface area (Å²) in [7, 11) is 0. The van der Waals surface area contributed by atoms with E-state index in [0.29, 0.717) is 43.7 Å². The highest BCUT2D eigenvalue weighted by molar-refractivity contribution is 6.09. The Morgan fingerprint density at radius 1 is 1.13 bits per heavy atom. The van der Waals surface area contributed by atoms with E-state index in [4.69, 9.17) is 20.2 Å². The fourth-order valence-corrected chi connectivity index (χ4v) is 9.04. The van der Waals surface area contributed by atoms with Crippen molar-refractivity contribution in [3.63, 3.8) is 0 Å². The van der Waals surface area contributed by atoms with E-state index < -0.39 is 23.9 Å². The lowest BCUT2D eigenvalue weighted by atomic mass is 9.73. The molecule has 1 saturated carbocycles. The summed E-state index contributed by atoms with van der Waals surface area (Å²) < 4.78 is 13.2. The fraction of sp³-hybridized carbons (Fsp3) is 0.500. The number of allylic oxidation sites excluding steroid dienone is 1. The predicted molar refractivity (Wildman–Crippen MR) is 204 cm³/mol. The monoisotopic (exact) mass is 714 g/mol. The predicted octanol–water partition coefficient (Wildman–Crippen LogP) is 5.69. The highest BCUT2D eigenvalue weighted by Crippen LogP contribution is 2.49.